The molecule has 27 heavy (non-hydrogen) atoms. The zero-order valence-corrected chi connectivity index (χ0v) is 17.1. The number of methoxy groups -OCH3 is 2. The number of carbonyl (C=O) groups is 2. The summed E-state index contributed by atoms with van der Waals surface area (Å²) in [6, 6.07) is 4.49. The van der Waals surface area contributed by atoms with Gasteiger partial charge in [-0.05, 0) is 38.5 Å². The van der Waals surface area contributed by atoms with Crippen molar-refractivity contribution in [1.29, 1.82) is 0 Å². The zero-order valence-electron chi connectivity index (χ0n) is 16.2. The molecular weight excluding hydrogens is 366 g/mol. The molecule has 1 heterocycles. The molecule has 1 atom stereocenters. The lowest BCUT2D eigenvalue weighted by atomic mass is 10.2. The second-order valence-corrected chi connectivity index (χ2v) is 7.05. The fraction of sp³-hybridized carbons (Fsp3) is 0.421. The van der Waals surface area contributed by atoms with Crippen LogP contribution in [0.15, 0.2) is 29.4 Å². The molecule has 0 spiro atoms. The number of benzene rings is 1. The monoisotopic (exact) mass is 391 g/mol. The molecule has 1 N–H and O–H groups in total. The maximum Gasteiger partial charge on any atom is 0.279 e. The van der Waals surface area contributed by atoms with E-state index in [-0.39, 0.29) is 5.91 Å². The van der Waals surface area contributed by atoms with Crippen molar-refractivity contribution in [3.05, 3.63) is 39.6 Å². The summed E-state index contributed by atoms with van der Waals surface area (Å²) in [7, 11) is 3.05. The first-order chi connectivity index (χ1) is 12.9. The van der Waals surface area contributed by atoms with Gasteiger partial charge < -0.3 is 19.4 Å². The van der Waals surface area contributed by atoms with E-state index in [9.17, 15) is 9.59 Å². The standard InChI is InChI=1S/C19H25N3O4S/c1-6-14(18(24)20-7-2)22-11-12(3)27-19(22)21-17(23)13-8-9-15(25-4)16(10-13)26-5/h8-11,14H,6-7H2,1-5H3,(H,20,24). The number of aryl methyl sites for hydroxylation is 1. The van der Waals surface area contributed by atoms with Crippen LogP contribution in [0, 0.1) is 6.92 Å². The fourth-order valence-corrected chi connectivity index (χ4v) is 3.57. The van der Waals surface area contributed by atoms with Gasteiger partial charge in [0.15, 0.2) is 16.3 Å². The van der Waals surface area contributed by atoms with E-state index in [0.29, 0.717) is 34.8 Å². The molecule has 146 valence electrons. The first-order valence-corrected chi connectivity index (χ1v) is 9.54. The molecule has 1 aromatic carbocycles. The van der Waals surface area contributed by atoms with Gasteiger partial charge in [-0.2, -0.15) is 4.99 Å². The minimum absolute atomic E-state index is 0.0854. The molecule has 1 aromatic heterocycles. The molecule has 0 aliphatic heterocycles. The van der Waals surface area contributed by atoms with Gasteiger partial charge in [0.2, 0.25) is 5.91 Å². The van der Waals surface area contributed by atoms with Crippen molar-refractivity contribution in [1.82, 2.24) is 9.88 Å². The quantitative estimate of drug-likeness (QED) is 0.787. The average Bonchev–Trinajstić information content (AvgIpc) is 3.01. The van der Waals surface area contributed by atoms with Gasteiger partial charge in [-0.3, -0.25) is 9.59 Å². The lowest BCUT2D eigenvalue weighted by Gasteiger charge is -2.16. The summed E-state index contributed by atoms with van der Waals surface area (Å²) in [4.78, 5) is 30.8. The van der Waals surface area contributed by atoms with Gasteiger partial charge in [-0.25, -0.2) is 0 Å². The van der Waals surface area contributed by atoms with E-state index < -0.39 is 11.9 Å². The van der Waals surface area contributed by atoms with Crippen molar-refractivity contribution in [2.24, 2.45) is 4.99 Å². The molecule has 8 heteroatoms. The fourth-order valence-electron chi connectivity index (χ4n) is 2.70. The van der Waals surface area contributed by atoms with Crippen LogP contribution >= 0.6 is 11.3 Å². The van der Waals surface area contributed by atoms with E-state index in [0.717, 1.165) is 4.88 Å². The first kappa shape index (κ1) is 20.7. The molecule has 2 aromatic rings. The van der Waals surface area contributed by atoms with E-state index >= 15 is 0 Å². The second-order valence-electron chi connectivity index (χ2n) is 5.84. The van der Waals surface area contributed by atoms with Crippen LogP contribution in [0.4, 0.5) is 0 Å². The summed E-state index contributed by atoms with van der Waals surface area (Å²) < 4.78 is 12.2. The Morgan fingerprint density at radius 1 is 1.22 bits per heavy atom. The number of aromatic nitrogens is 1. The number of thiazole rings is 1. The minimum atomic E-state index is -0.410. The van der Waals surface area contributed by atoms with E-state index in [1.807, 2.05) is 27.0 Å². The van der Waals surface area contributed by atoms with Crippen molar-refractivity contribution in [3.8, 4) is 11.5 Å². The van der Waals surface area contributed by atoms with Crippen LogP contribution in [0.1, 0.15) is 41.5 Å². The minimum Gasteiger partial charge on any atom is -0.493 e. The number of ether oxygens (including phenoxy) is 2. The Morgan fingerprint density at radius 2 is 1.93 bits per heavy atom. The van der Waals surface area contributed by atoms with Gasteiger partial charge in [0.25, 0.3) is 5.91 Å². The third-order valence-corrected chi connectivity index (χ3v) is 4.91. The van der Waals surface area contributed by atoms with E-state index in [1.165, 1.54) is 25.6 Å². The van der Waals surface area contributed by atoms with Gasteiger partial charge in [0, 0.05) is 23.2 Å². The second kappa shape index (κ2) is 9.36. The van der Waals surface area contributed by atoms with Gasteiger partial charge >= 0.3 is 0 Å². The number of nitrogens with one attached hydrogen (secondary N) is 1. The predicted octanol–water partition coefficient (Wildman–Crippen LogP) is 2.70. The highest BCUT2D eigenvalue weighted by molar-refractivity contribution is 7.09. The molecule has 0 bridgehead atoms. The van der Waals surface area contributed by atoms with Crippen LogP contribution in [0.25, 0.3) is 0 Å². The Bertz CT molecular complexity index is 885. The molecule has 0 radical (unpaired) electrons. The van der Waals surface area contributed by atoms with E-state index in [2.05, 4.69) is 10.3 Å². The molecule has 0 saturated heterocycles. The smallest absolute Gasteiger partial charge is 0.279 e. The van der Waals surface area contributed by atoms with Crippen LogP contribution < -0.4 is 19.6 Å². The Hall–Kier alpha value is -2.61. The Morgan fingerprint density at radius 3 is 2.52 bits per heavy atom. The van der Waals surface area contributed by atoms with Gasteiger partial charge in [-0.1, -0.05) is 6.92 Å². The molecule has 1 unspecified atom stereocenters. The summed E-state index contributed by atoms with van der Waals surface area (Å²) in [5, 5.41) is 2.83. The summed E-state index contributed by atoms with van der Waals surface area (Å²) in [5.74, 6) is 0.510. The first-order valence-electron chi connectivity index (χ1n) is 8.72. The van der Waals surface area contributed by atoms with Crippen molar-refractivity contribution in [3.63, 3.8) is 0 Å². The van der Waals surface area contributed by atoms with Crippen molar-refractivity contribution in [2.75, 3.05) is 20.8 Å². The highest BCUT2D eigenvalue weighted by Gasteiger charge is 2.20. The lowest BCUT2D eigenvalue weighted by Crippen LogP contribution is -2.35. The van der Waals surface area contributed by atoms with Crippen molar-refractivity contribution >= 4 is 23.2 Å². The maximum absolute atomic E-state index is 12.7. The molecule has 0 aliphatic rings. The van der Waals surface area contributed by atoms with Crippen LogP contribution in [0.5, 0.6) is 11.5 Å². The lowest BCUT2D eigenvalue weighted by molar-refractivity contribution is -0.124. The summed E-state index contributed by atoms with van der Waals surface area (Å²) in [6.45, 7) is 6.28. The van der Waals surface area contributed by atoms with E-state index in [1.54, 1.807) is 22.8 Å². The Balaban J connectivity index is 2.44. The molecule has 0 saturated carbocycles. The molecule has 7 nitrogen and oxygen atoms in total. The van der Waals surface area contributed by atoms with Crippen LogP contribution in [-0.4, -0.2) is 37.1 Å². The third kappa shape index (κ3) is 4.77. The van der Waals surface area contributed by atoms with E-state index in [4.69, 9.17) is 9.47 Å². The van der Waals surface area contributed by atoms with Crippen molar-refractivity contribution in [2.45, 2.75) is 33.2 Å². The maximum atomic E-state index is 12.7. The molecule has 2 amide bonds. The molecule has 2 rings (SSSR count). The van der Waals surface area contributed by atoms with Gasteiger partial charge in [0.05, 0.1) is 14.2 Å². The predicted molar refractivity (Wildman–Crippen MR) is 104 cm³/mol. The van der Waals surface area contributed by atoms with Gasteiger partial charge in [-0.15, -0.1) is 11.3 Å². The summed E-state index contributed by atoms with van der Waals surface area (Å²) in [6.07, 6.45) is 2.45. The number of rotatable bonds is 7. The van der Waals surface area contributed by atoms with Crippen molar-refractivity contribution < 1.29 is 19.1 Å². The number of hydrogen-bond donors (Lipinski definition) is 1. The number of likely N-dealkylation sites (N-methyl/N-ethyl adjacent to an activating group) is 1. The number of nitrogens with zero attached hydrogens (tertiary/aromatic N) is 2. The van der Waals surface area contributed by atoms with Gasteiger partial charge in [0.1, 0.15) is 6.04 Å². The Kier molecular flexibility index (Phi) is 7.18. The van der Waals surface area contributed by atoms with Crippen LogP contribution in [-0.2, 0) is 4.79 Å². The number of amides is 2. The van der Waals surface area contributed by atoms with Crippen LogP contribution in [0.2, 0.25) is 0 Å². The summed E-state index contributed by atoms with van der Waals surface area (Å²) in [5.41, 5.74) is 0.385. The molecule has 0 aliphatic carbocycles. The topological polar surface area (TPSA) is 81.9 Å². The van der Waals surface area contributed by atoms with Crippen LogP contribution in [0.3, 0.4) is 0 Å². The number of hydrogen-bond acceptors (Lipinski definition) is 5. The highest BCUT2D eigenvalue weighted by atomic mass is 32.1. The SMILES string of the molecule is CCNC(=O)C(CC)n1cc(C)sc1=NC(=O)c1ccc(OC)c(OC)c1. The zero-order chi connectivity index (χ0) is 20.0. The summed E-state index contributed by atoms with van der Waals surface area (Å²) >= 11 is 1.37. The Labute approximate surface area is 162 Å². The highest BCUT2D eigenvalue weighted by Crippen LogP contribution is 2.27. The average molecular weight is 391 g/mol. The third-order valence-electron chi connectivity index (χ3n) is 4.00. The number of carbonyl (C=O) groups excluding carboxylic acids is 2. The molecule has 0 fully saturated rings. The largest absolute Gasteiger partial charge is 0.493 e. The normalized spacial score (nSPS) is 12.6. The molecular formula is C19H25N3O4S.